The Hall–Kier alpha value is -3.66. The van der Waals surface area contributed by atoms with Gasteiger partial charge in [-0.25, -0.2) is 9.18 Å². The topological polar surface area (TPSA) is 79.6 Å². The molecule has 6 nitrogen and oxygen atoms in total. The van der Waals surface area contributed by atoms with Crippen LogP contribution in [0.15, 0.2) is 54.1 Å². The minimum absolute atomic E-state index is 0.0379. The Kier molecular flexibility index (Phi) is 7.92. The number of ether oxygens (including phenoxy) is 2. The summed E-state index contributed by atoms with van der Waals surface area (Å²) in [6.07, 6.45) is 1.37. The molecule has 0 saturated carbocycles. The zero-order chi connectivity index (χ0) is 21.2. The van der Waals surface area contributed by atoms with Crippen molar-refractivity contribution in [1.82, 2.24) is 4.90 Å². The molecule has 0 bridgehead atoms. The monoisotopic (exact) mass is 396 g/mol. The second-order valence-electron chi connectivity index (χ2n) is 6.09. The largest absolute Gasteiger partial charge is 0.494 e. The number of hydrogen-bond acceptors (Lipinski definition) is 5. The quantitative estimate of drug-likeness (QED) is 0.388. The summed E-state index contributed by atoms with van der Waals surface area (Å²) in [6, 6.07) is 14.7. The fourth-order valence-corrected chi connectivity index (χ4v) is 2.42. The van der Waals surface area contributed by atoms with E-state index in [1.807, 2.05) is 6.92 Å². The molecule has 0 aliphatic carbocycles. The van der Waals surface area contributed by atoms with Gasteiger partial charge in [0.25, 0.3) is 5.91 Å². The van der Waals surface area contributed by atoms with Crippen LogP contribution in [0, 0.1) is 17.1 Å². The molecular weight excluding hydrogens is 375 g/mol. The van der Waals surface area contributed by atoms with Gasteiger partial charge in [-0.1, -0.05) is 30.3 Å². The fraction of sp³-hybridized carbons (Fsp3) is 0.227. The van der Waals surface area contributed by atoms with Crippen molar-refractivity contribution < 1.29 is 23.5 Å². The number of esters is 1. The van der Waals surface area contributed by atoms with Crippen LogP contribution in [0.4, 0.5) is 4.39 Å². The van der Waals surface area contributed by atoms with Crippen LogP contribution in [-0.4, -0.2) is 37.0 Å². The Morgan fingerprint density at radius 2 is 1.86 bits per heavy atom. The number of halogens is 1. The SMILES string of the molecule is CCOc1ccc(/C=C(\C#N)C(=O)OCC(=O)N(C)Cc2ccccc2F)cc1. The molecule has 0 fully saturated rings. The standard InChI is InChI=1S/C22H21FN2O4/c1-3-28-19-10-8-16(9-11-19)12-18(13-24)22(27)29-15-21(26)25(2)14-17-6-4-5-7-20(17)23/h4-12H,3,14-15H2,1-2H3/b18-12+. The Morgan fingerprint density at radius 3 is 2.48 bits per heavy atom. The van der Waals surface area contributed by atoms with Gasteiger partial charge in [-0.05, 0) is 36.8 Å². The van der Waals surface area contributed by atoms with Gasteiger partial charge >= 0.3 is 5.97 Å². The highest BCUT2D eigenvalue weighted by Crippen LogP contribution is 2.15. The van der Waals surface area contributed by atoms with E-state index in [0.717, 1.165) is 0 Å². The predicted octanol–water partition coefficient (Wildman–Crippen LogP) is 3.33. The summed E-state index contributed by atoms with van der Waals surface area (Å²) in [5.74, 6) is -1.17. The van der Waals surface area contributed by atoms with Crippen LogP contribution < -0.4 is 4.74 Å². The highest BCUT2D eigenvalue weighted by Gasteiger charge is 2.16. The highest BCUT2D eigenvalue weighted by atomic mass is 19.1. The summed E-state index contributed by atoms with van der Waals surface area (Å²) in [5.41, 5.74) is 0.728. The highest BCUT2D eigenvalue weighted by molar-refractivity contribution is 5.98. The van der Waals surface area contributed by atoms with Crippen molar-refractivity contribution in [2.75, 3.05) is 20.3 Å². The van der Waals surface area contributed by atoms with Crippen molar-refractivity contribution in [2.45, 2.75) is 13.5 Å². The molecule has 0 N–H and O–H groups in total. The number of benzene rings is 2. The zero-order valence-electron chi connectivity index (χ0n) is 16.2. The summed E-state index contributed by atoms with van der Waals surface area (Å²) in [6.45, 7) is 1.89. The van der Waals surface area contributed by atoms with E-state index < -0.39 is 24.3 Å². The third kappa shape index (κ3) is 6.47. The molecule has 2 rings (SSSR count). The average Bonchev–Trinajstić information content (AvgIpc) is 2.73. The maximum atomic E-state index is 13.7. The number of hydrogen-bond donors (Lipinski definition) is 0. The van der Waals surface area contributed by atoms with Gasteiger partial charge in [0.05, 0.1) is 6.61 Å². The van der Waals surface area contributed by atoms with E-state index in [1.54, 1.807) is 48.5 Å². The molecule has 29 heavy (non-hydrogen) atoms. The first kappa shape index (κ1) is 21.6. The molecule has 1 amide bonds. The second-order valence-corrected chi connectivity index (χ2v) is 6.09. The van der Waals surface area contributed by atoms with Crippen LogP contribution in [0.3, 0.4) is 0 Å². The van der Waals surface area contributed by atoms with E-state index in [-0.39, 0.29) is 12.1 Å². The van der Waals surface area contributed by atoms with Crippen molar-refractivity contribution in [2.24, 2.45) is 0 Å². The van der Waals surface area contributed by atoms with Gasteiger partial charge in [0.2, 0.25) is 0 Å². The van der Waals surface area contributed by atoms with Crippen molar-refractivity contribution in [1.29, 1.82) is 5.26 Å². The molecule has 2 aromatic rings. The molecule has 7 heteroatoms. The van der Waals surface area contributed by atoms with Gasteiger partial charge < -0.3 is 14.4 Å². The number of carbonyl (C=O) groups excluding carboxylic acids is 2. The van der Waals surface area contributed by atoms with Gasteiger partial charge in [0, 0.05) is 19.2 Å². The Labute approximate surface area is 168 Å². The summed E-state index contributed by atoms with van der Waals surface area (Å²) in [5, 5.41) is 9.22. The van der Waals surface area contributed by atoms with Gasteiger partial charge in [-0.15, -0.1) is 0 Å². The summed E-state index contributed by atoms with van der Waals surface area (Å²) in [7, 11) is 1.48. The average molecular weight is 396 g/mol. The van der Waals surface area contributed by atoms with Gasteiger partial charge in [-0.2, -0.15) is 5.26 Å². The number of amides is 1. The van der Waals surface area contributed by atoms with Crippen LogP contribution in [0.25, 0.3) is 6.08 Å². The summed E-state index contributed by atoms with van der Waals surface area (Å²) < 4.78 is 24.0. The first-order valence-corrected chi connectivity index (χ1v) is 8.93. The normalized spacial score (nSPS) is 10.8. The van der Waals surface area contributed by atoms with E-state index in [0.29, 0.717) is 23.5 Å². The maximum absolute atomic E-state index is 13.7. The van der Waals surface area contributed by atoms with Crippen LogP contribution in [0.1, 0.15) is 18.1 Å². The van der Waals surface area contributed by atoms with Crippen LogP contribution in [0.5, 0.6) is 5.75 Å². The van der Waals surface area contributed by atoms with Crippen LogP contribution in [0.2, 0.25) is 0 Å². The van der Waals surface area contributed by atoms with Crippen LogP contribution >= 0.6 is 0 Å². The van der Waals surface area contributed by atoms with E-state index in [4.69, 9.17) is 9.47 Å². The molecule has 0 radical (unpaired) electrons. The van der Waals surface area contributed by atoms with E-state index in [1.165, 1.54) is 24.1 Å². The Balaban J connectivity index is 1.94. The van der Waals surface area contributed by atoms with E-state index >= 15 is 0 Å². The van der Waals surface area contributed by atoms with Crippen molar-refractivity contribution in [3.8, 4) is 11.8 Å². The lowest BCUT2D eigenvalue weighted by Gasteiger charge is -2.17. The number of likely N-dealkylation sites (N-methyl/N-ethyl adjacent to an activating group) is 1. The van der Waals surface area contributed by atoms with Crippen LogP contribution in [-0.2, 0) is 20.9 Å². The number of nitriles is 1. The molecule has 0 spiro atoms. The van der Waals surface area contributed by atoms with E-state index in [2.05, 4.69) is 0 Å². The fourth-order valence-electron chi connectivity index (χ4n) is 2.42. The predicted molar refractivity (Wildman–Crippen MR) is 105 cm³/mol. The lowest BCUT2D eigenvalue weighted by molar-refractivity contribution is -0.148. The van der Waals surface area contributed by atoms with Gasteiger partial charge in [0.15, 0.2) is 6.61 Å². The lowest BCUT2D eigenvalue weighted by Crippen LogP contribution is -2.31. The third-order valence-electron chi connectivity index (χ3n) is 3.96. The molecule has 0 aromatic heterocycles. The molecular formula is C22H21FN2O4. The second kappa shape index (κ2) is 10.6. The van der Waals surface area contributed by atoms with Crippen molar-refractivity contribution in [3.05, 3.63) is 71.0 Å². The molecule has 0 saturated heterocycles. The van der Waals surface area contributed by atoms with E-state index in [9.17, 15) is 19.2 Å². The Bertz CT molecular complexity index is 933. The molecule has 2 aromatic carbocycles. The summed E-state index contributed by atoms with van der Waals surface area (Å²) >= 11 is 0. The molecule has 0 heterocycles. The molecule has 0 aliphatic heterocycles. The maximum Gasteiger partial charge on any atom is 0.349 e. The lowest BCUT2D eigenvalue weighted by atomic mass is 10.1. The van der Waals surface area contributed by atoms with Crippen molar-refractivity contribution >= 4 is 18.0 Å². The first-order valence-electron chi connectivity index (χ1n) is 8.93. The minimum atomic E-state index is -0.908. The van der Waals surface area contributed by atoms with Gasteiger partial charge in [-0.3, -0.25) is 4.79 Å². The van der Waals surface area contributed by atoms with Crippen molar-refractivity contribution in [3.63, 3.8) is 0 Å². The Morgan fingerprint density at radius 1 is 1.17 bits per heavy atom. The first-order chi connectivity index (χ1) is 13.9. The zero-order valence-corrected chi connectivity index (χ0v) is 16.2. The number of carbonyl (C=O) groups is 2. The number of rotatable bonds is 8. The third-order valence-corrected chi connectivity index (χ3v) is 3.96. The number of nitrogens with zero attached hydrogens (tertiary/aromatic N) is 2. The minimum Gasteiger partial charge on any atom is -0.494 e. The molecule has 0 aliphatic rings. The summed E-state index contributed by atoms with van der Waals surface area (Å²) in [4.78, 5) is 25.5. The smallest absolute Gasteiger partial charge is 0.349 e. The molecule has 0 atom stereocenters. The molecule has 0 unspecified atom stereocenters. The molecule has 150 valence electrons. The van der Waals surface area contributed by atoms with Gasteiger partial charge in [0.1, 0.15) is 23.2 Å².